The molecule has 102 valence electrons. The lowest BCUT2D eigenvalue weighted by Gasteiger charge is -2.13. The molecule has 2 aromatic rings. The molecule has 0 N–H and O–H groups in total. The van der Waals surface area contributed by atoms with E-state index in [-0.39, 0.29) is 4.90 Å². The summed E-state index contributed by atoms with van der Waals surface area (Å²) in [7, 11) is -1.81. The zero-order chi connectivity index (χ0) is 14.2. The number of anilines is 1. The summed E-state index contributed by atoms with van der Waals surface area (Å²) in [4.78, 5) is 2.05. The van der Waals surface area contributed by atoms with Crippen LogP contribution in [0, 0.1) is 0 Å². The molecule has 5 heteroatoms. The van der Waals surface area contributed by atoms with Gasteiger partial charge in [-0.2, -0.15) is 8.42 Å². The quantitative estimate of drug-likeness (QED) is 0.852. The second-order valence-corrected chi connectivity index (χ2v) is 6.26. The molecule has 1 heterocycles. The Kier molecular flexibility index (Phi) is 3.06. The number of hydrogen-bond acceptors (Lipinski definition) is 2. The van der Waals surface area contributed by atoms with Crippen LogP contribution in [0.4, 0.5) is 5.69 Å². The average Bonchev–Trinajstić information content (AvgIpc) is 2.76. The van der Waals surface area contributed by atoms with Crippen molar-refractivity contribution in [1.82, 2.24) is 0 Å². The number of benzene rings is 2. The van der Waals surface area contributed by atoms with Gasteiger partial charge in [0, 0.05) is 19.2 Å². The van der Waals surface area contributed by atoms with Gasteiger partial charge in [-0.1, -0.05) is 36.4 Å². The van der Waals surface area contributed by atoms with Crippen molar-refractivity contribution in [1.29, 1.82) is 0 Å². The van der Waals surface area contributed by atoms with Crippen LogP contribution in [0.25, 0.3) is 0 Å². The van der Waals surface area contributed by atoms with Crippen molar-refractivity contribution in [2.24, 2.45) is 4.40 Å². The minimum absolute atomic E-state index is 0.219. The molecular formula is C15H14N2O2S. The number of hydrogen-bond donors (Lipinski definition) is 0. The maximum Gasteiger partial charge on any atom is 0.283 e. The minimum Gasteiger partial charge on any atom is -0.332 e. The number of para-hydroxylation sites is 1. The standard InChI is InChI=1S/C15H14N2O2S/c1-17-14-10-6-5-7-12(14)11-15(17)16-20(18,19)13-8-3-2-4-9-13/h2-10H,11H2,1H3/b16-15+. The first-order valence-corrected chi connectivity index (χ1v) is 7.72. The van der Waals surface area contributed by atoms with Crippen LogP contribution >= 0.6 is 0 Å². The highest BCUT2D eigenvalue weighted by Crippen LogP contribution is 2.28. The zero-order valence-corrected chi connectivity index (χ0v) is 11.8. The van der Waals surface area contributed by atoms with Crippen molar-refractivity contribution in [2.45, 2.75) is 11.3 Å². The van der Waals surface area contributed by atoms with Crippen LogP contribution in [0.2, 0.25) is 0 Å². The van der Waals surface area contributed by atoms with Gasteiger partial charge in [0.25, 0.3) is 10.0 Å². The van der Waals surface area contributed by atoms with Crippen LogP contribution < -0.4 is 4.90 Å². The summed E-state index contributed by atoms with van der Waals surface area (Å²) in [6.07, 6.45) is 0.540. The van der Waals surface area contributed by atoms with Gasteiger partial charge >= 0.3 is 0 Å². The topological polar surface area (TPSA) is 49.7 Å². The lowest BCUT2D eigenvalue weighted by molar-refractivity contribution is 0.598. The van der Waals surface area contributed by atoms with Crippen molar-refractivity contribution < 1.29 is 8.42 Å². The first-order chi connectivity index (χ1) is 9.58. The molecule has 0 unspecified atom stereocenters. The van der Waals surface area contributed by atoms with Gasteiger partial charge in [-0.15, -0.1) is 4.40 Å². The third kappa shape index (κ3) is 2.20. The Hall–Kier alpha value is -2.14. The number of rotatable bonds is 2. The van der Waals surface area contributed by atoms with E-state index < -0.39 is 10.0 Å². The van der Waals surface area contributed by atoms with Gasteiger partial charge in [0.15, 0.2) is 0 Å². The van der Waals surface area contributed by atoms with Gasteiger partial charge in [0.05, 0.1) is 4.90 Å². The lowest BCUT2D eigenvalue weighted by Crippen LogP contribution is -2.23. The van der Waals surface area contributed by atoms with E-state index >= 15 is 0 Å². The fourth-order valence-electron chi connectivity index (χ4n) is 2.29. The van der Waals surface area contributed by atoms with E-state index in [1.54, 1.807) is 30.3 Å². The van der Waals surface area contributed by atoms with Crippen molar-refractivity contribution in [3.8, 4) is 0 Å². The monoisotopic (exact) mass is 286 g/mol. The Labute approximate surface area is 118 Å². The smallest absolute Gasteiger partial charge is 0.283 e. The molecule has 0 fully saturated rings. The summed E-state index contributed by atoms with van der Waals surface area (Å²) in [6, 6.07) is 16.1. The van der Waals surface area contributed by atoms with Gasteiger partial charge in [0.1, 0.15) is 5.84 Å². The summed E-state index contributed by atoms with van der Waals surface area (Å²) >= 11 is 0. The number of fused-ring (bicyclic) bond motifs is 1. The van der Waals surface area contributed by atoms with E-state index in [1.807, 2.05) is 36.2 Å². The third-order valence-corrected chi connectivity index (χ3v) is 4.67. The maximum atomic E-state index is 12.3. The molecule has 1 aliphatic heterocycles. The van der Waals surface area contributed by atoms with Crippen molar-refractivity contribution in [3.63, 3.8) is 0 Å². The van der Waals surface area contributed by atoms with Crippen molar-refractivity contribution in [3.05, 3.63) is 60.2 Å². The summed E-state index contributed by atoms with van der Waals surface area (Å²) in [5, 5.41) is 0. The molecule has 0 amide bonds. The summed E-state index contributed by atoms with van der Waals surface area (Å²) < 4.78 is 28.5. The molecule has 0 saturated heterocycles. The fraction of sp³-hybridized carbons (Fsp3) is 0.133. The summed E-state index contributed by atoms with van der Waals surface area (Å²) in [6.45, 7) is 0. The zero-order valence-electron chi connectivity index (χ0n) is 11.0. The molecule has 0 bridgehead atoms. The number of sulfonamides is 1. The molecule has 0 spiro atoms. The molecule has 0 aliphatic carbocycles. The molecule has 0 saturated carbocycles. The Morgan fingerprint density at radius 3 is 2.35 bits per heavy atom. The van der Waals surface area contributed by atoms with Crippen LogP contribution in [0.3, 0.4) is 0 Å². The lowest BCUT2D eigenvalue weighted by atomic mass is 10.2. The Balaban J connectivity index is 2.00. The molecule has 0 aromatic heterocycles. The number of amidine groups is 1. The minimum atomic E-state index is -3.65. The molecular weight excluding hydrogens is 272 g/mol. The van der Waals surface area contributed by atoms with E-state index in [1.165, 1.54) is 0 Å². The fourth-order valence-corrected chi connectivity index (χ4v) is 3.36. The second kappa shape index (κ2) is 4.76. The highest BCUT2D eigenvalue weighted by Gasteiger charge is 2.24. The molecule has 4 nitrogen and oxygen atoms in total. The largest absolute Gasteiger partial charge is 0.332 e. The van der Waals surface area contributed by atoms with Crippen molar-refractivity contribution in [2.75, 3.05) is 11.9 Å². The third-order valence-electron chi connectivity index (χ3n) is 3.36. The Bertz CT molecular complexity index is 767. The molecule has 1 aliphatic rings. The average molecular weight is 286 g/mol. The number of likely N-dealkylation sites (N-methyl/N-ethyl adjacent to an activating group) is 1. The van der Waals surface area contributed by atoms with E-state index in [2.05, 4.69) is 4.40 Å². The van der Waals surface area contributed by atoms with Gasteiger partial charge in [-0.05, 0) is 23.8 Å². The van der Waals surface area contributed by atoms with Gasteiger partial charge in [-0.3, -0.25) is 0 Å². The first-order valence-electron chi connectivity index (χ1n) is 6.28. The maximum absolute atomic E-state index is 12.3. The normalized spacial score (nSPS) is 16.4. The Morgan fingerprint density at radius 1 is 1.00 bits per heavy atom. The van der Waals surface area contributed by atoms with Crippen molar-refractivity contribution >= 4 is 21.5 Å². The number of nitrogens with zero attached hydrogens (tertiary/aromatic N) is 2. The van der Waals surface area contributed by atoms with Crippen LogP contribution in [0.15, 0.2) is 63.9 Å². The second-order valence-electron chi connectivity index (χ2n) is 4.66. The predicted octanol–water partition coefficient (Wildman–Crippen LogP) is 2.47. The summed E-state index contributed by atoms with van der Waals surface area (Å²) in [5.74, 6) is 0.551. The van der Waals surface area contributed by atoms with Gasteiger partial charge in [-0.25, -0.2) is 0 Å². The van der Waals surface area contributed by atoms with Crippen LogP contribution in [-0.4, -0.2) is 21.3 Å². The molecule has 3 rings (SSSR count). The first kappa shape index (κ1) is 12.9. The van der Waals surface area contributed by atoms with Gasteiger partial charge < -0.3 is 4.90 Å². The molecule has 0 atom stereocenters. The van der Waals surface area contributed by atoms with Gasteiger partial charge in [0.2, 0.25) is 0 Å². The predicted molar refractivity (Wildman–Crippen MR) is 79.6 cm³/mol. The summed E-state index contributed by atoms with van der Waals surface area (Å²) in [5.41, 5.74) is 2.10. The van der Waals surface area contributed by atoms with E-state index in [0.29, 0.717) is 12.3 Å². The van der Waals surface area contributed by atoms with E-state index in [0.717, 1.165) is 11.3 Å². The van der Waals surface area contributed by atoms with Crippen LogP contribution in [0.5, 0.6) is 0 Å². The highest BCUT2D eigenvalue weighted by molar-refractivity contribution is 7.90. The van der Waals surface area contributed by atoms with E-state index in [9.17, 15) is 8.42 Å². The highest BCUT2D eigenvalue weighted by atomic mass is 32.2. The molecule has 20 heavy (non-hydrogen) atoms. The molecule has 2 aromatic carbocycles. The molecule has 0 radical (unpaired) electrons. The SMILES string of the molecule is CN1/C(=N/S(=O)(=O)c2ccccc2)Cc2ccccc21. The van der Waals surface area contributed by atoms with Crippen LogP contribution in [0.1, 0.15) is 5.56 Å². The van der Waals surface area contributed by atoms with Crippen LogP contribution in [-0.2, 0) is 16.4 Å². The van der Waals surface area contributed by atoms with E-state index in [4.69, 9.17) is 0 Å². The Morgan fingerprint density at radius 2 is 1.65 bits per heavy atom.